The van der Waals surface area contributed by atoms with E-state index in [4.69, 9.17) is 10.5 Å². The number of nitrogens with two attached hydrogens (primary N) is 1. The molecule has 0 aliphatic rings. The fraction of sp³-hybridized carbons (Fsp3) is 0.167. The zero-order chi connectivity index (χ0) is 12.3. The first-order valence-electron chi connectivity index (χ1n) is 5.10. The van der Waals surface area contributed by atoms with Gasteiger partial charge in [0.25, 0.3) is 0 Å². The van der Waals surface area contributed by atoms with Crippen LogP contribution in [0.1, 0.15) is 4.88 Å². The van der Waals surface area contributed by atoms with Gasteiger partial charge < -0.3 is 15.8 Å². The molecule has 0 aliphatic carbocycles. The molecule has 2 rings (SSSR count). The molecule has 3 nitrogen and oxygen atoms in total. The molecule has 0 radical (unpaired) electrons. The standard InChI is InChI=1S/C12H13BrN2OS/c1-16-11-4-2-3-10(12(11)14)15-6-9-5-8(13)7-17-9/h2-5,7,15H,6,14H2,1H3. The van der Waals surface area contributed by atoms with Crippen molar-refractivity contribution in [3.8, 4) is 5.75 Å². The fourth-order valence-electron chi connectivity index (χ4n) is 1.51. The normalized spacial score (nSPS) is 10.2. The molecule has 0 amide bonds. The Bertz CT molecular complexity index is 513. The van der Waals surface area contributed by atoms with Crippen LogP contribution in [0.4, 0.5) is 11.4 Å². The second-order valence-corrected chi connectivity index (χ2v) is 5.42. The first-order chi connectivity index (χ1) is 8.20. The minimum atomic E-state index is 0.644. The van der Waals surface area contributed by atoms with Gasteiger partial charge >= 0.3 is 0 Å². The van der Waals surface area contributed by atoms with Crippen LogP contribution < -0.4 is 15.8 Å². The molecule has 0 saturated heterocycles. The highest BCUT2D eigenvalue weighted by molar-refractivity contribution is 9.10. The number of hydrogen-bond acceptors (Lipinski definition) is 4. The predicted molar refractivity (Wildman–Crippen MR) is 76.8 cm³/mol. The summed E-state index contributed by atoms with van der Waals surface area (Å²) in [6.45, 7) is 0.758. The van der Waals surface area contributed by atoms with Crippen molar-refractivity contribution in [2.75, 3.05) is 18.2 Å². The van der Waals surface area contributed by atoms with Crippen LogP contribution in [0.2, 0.25) is 0 Å². The molecule has 1 aromatic carbocycles. The van der Waals surface area contributed by atoms with Gasteiger partial charge in [-0.1, -0.05) is 6.07 Å². The molecular formula is C12H13BrN2OS. The van der Waals surface area contributed by atoms with Crippen molar-refractivity contribution < 1.29 is 4.74 Å². The zero-order valence-electron chi connectivity index (χ0n) is 9.37. The van der Waals surface area contributed by atoms with Crippen LogP contribution in [0, 0.1) is 0 Å². The number of rotatable bonds is 4. The predicted octanol–water partition coefficient (Wildman–Crippen LogP) is 3.71. The van der Waals surface area contributed by atoms with Gasteiger partial charge in [-0.25, -0.2) is 0 Å². The molecular weight excluding hydrogens is 300 g/mol. The van der Waals surface area contributed by atoms with Crippen LogP contribution in [0.25, 0.3) is 0 Å². The molecule has 2 aromatic rings. The van der Waals surface area contributed by atoms with Gasteiger partial charge in [0.2, 0.25) is 0 Å². The van der Waals surface area contributed by atoms with Crippen molar-refractivity contribution in [3.05, 3.63) is 39.0 Å². The number of nitrogen functional groups attached to an aromatic ring is 1. The number of para-hydroxylation sites is 1. The van der Waals surface area contributed by atoms with Crippen molar-refractivity contribution >= 4 is 38.6 Å². The number of hydrogen-bond donors (Lipinski definition) is 2. The van der Waals surface area contributed by atoms with E-state index in [1.165, 1.54) is 4.88 Å². The third kappa shape index (κ3) is 2.92. The summed E-state index contributed by atoms with van der Waals surface area (Å²) < 4.78 is 6.28. The quantitative estimate of drug-likeness (QED) is 0.846. The Kier molecular flexibility index (Phi) is 3.91. The number of benzene rings is 1. The molecule has 17 heavy (non-hydrogen) atoms. The summed E-state index contributed by atoms with van der Waals surface area (Å²) in [6.07, 6.45) is 0. The number of thiophene rings is 1. The average molecular weight is 313 g/mol. The lowest BCUT2D eigenvalue weighted by molar-refractivity contribution is 0.417. The summed E-state index contributed by atoms with van der Waals surface area (Å²) in [6, 6.07) is 7.80. The van der Waals surface area contributed by atoms with Gasteiger partial charge in [-0.2, -0.15) is 0 Å². The Balaban J connectivity index is 2.09. The minimum Gasteiger partial charge on any atom is -0.495 e. The number of anilines is 2. The third-order valence-corrected chi connectivity index (χ3v) is 4.06. The van der Waals surface area contributed by atoms with Crippen LogP contribution in [0.5, 0.6) is 5.75 Å². The minimum absolute atomic E-state index is 0.644. The summed E-state index contributed by atoms with van der Waals surface area (Å²) in [5.41, 5.74) is 7.51. The maximum absolute atomic E-state index is 5.97. The Labute approximate surface area is 113 Å². The van der Waals surface area contributed by atoms with Crippen molar-refractivity contribution in [1.29, 1.82) is 0 Å². The van der Waals surface area contributed by atoms with Crippen molar-refractivity contribution in [1.82, 2.24) is 0 Å². The number of halogens is 1. The molecule has 0 spiro atoms. The van der Waals surface area contributed by atoms with Crippen molar-refractivity contribution in [3.63, 3.8) is 0 Å². The van der Waals surface area contributed by atoms with Crippen LogP contribution in [-0.4, -0.2) is 7.11 Å². The largest absolute Gasteiger partial charge is 0.495 e. The first-order valence-corrected chi connectivity index (χ1v) is 6.77. The van der Waals surface area contributed by atoms with Gasteiger partial charge in [-0.15, -0.1) is 11.3 Å². The van der Waals surface area contributed by atoms with Crippen LogP contribution >= 0.6 is 27.3 Å². The van der Waals surface area contributed by atoms with Crippen LogP contribution in [0.15, 0.2) is 34.1 Å². The van der Waals surface area contributed by atoms with Gasteiger partial charge in [0, 0.05) is 21.3 Å². The highest BCUT2D eigenvalue weighted by Gasteiger charge is 2.05. The lowest BCUT2D eigenvalue weighted by Gasteiger charge is -2.11. The van der Waals surface area contributed by atoms with Crippen LogP contribution in [0.3, 0.4) is 0 Å². The SMILES string of the molecule is COc1cccc(NCc2cc(Br)cs2)c1N. The van der Waals surface area contributed by atoms with Crippen molar-refractivity contribution in [2.45, 2.75) is 6.54 Å². The summed E-state index contributed by atoms with van der Waals surface area (Å²) in [5.74, 6) is 0.697. The molecule has 0 aliphatic heterocycles. The lowest BCUT2D eigenvalue weighted by Crippen LogP contribution is -2.02. The Morgan fingerprint density at radius 3 is 2.94 bits per heavy atom. The maximum atomic E-state index is 5.97. The van der Waals surface area contributed by atoms with E-state index in [9.17, 15) is 0 Å². The Morgan fingerprint density at radius 2 is 2.29 bits per heavy atom. The van der Waals surface area contributed by atoms with E-state index in [0.29, 0.717) is 11.4 Å². The summed E-state index contributed by atoms with van der Waals surface area (Å²) in [7, 11) is 1.62. The second-order valence-electron chi connectivity index (χ2n) is 3.51. The van der Waals surface area contributed by atoms with E-state index in [2.05, 4.69) is 32.7 Å². The average Bonchev–Trinajstić information content (AvgIpc) is 2.74. The van der Waals surface area contributed by atoms with Gasteiger partial charge in [0.1, 0.15) is 5.75 Å². The van der Waals surface area contributed by atoms with E-state index < -0.39 is 0 Å². The molecule has 0 atom stereocenters. The number of nitrogens with one attached hydrogen (secondary N) is 1. The topological polar surface area (TPSA) is 47.3 Å². The van der Waals surface area contributed by atoms with Crippen LogP contribution in [-0.2, 0) is 6.54 Å². The maximum Gasteiger partial charge on any atom is 0.143 e. The molecule has 0 saturated carbocycles. The highest BCUT2D eigenvalue weighted by atomic mass is 79.9. The molecule has 1 heterocycles. The molecule has 0 fully saturated rings. The molecule has 90 valence electrons. The molecule has 0 unspecified atom stereocenters. The monoisotopic (exact) mass is 312 g/mol. The zero-order valence-corrected chi connectivity index (χ0v) is 11.8. The molecule has 5 heteroatoms. The van der Waals surface area contributed by atoms with Gasteiger partial charge in [0.05, 0.1) is 18.5 Å². The summed E-state index contributed by atoms with van der Waals surface area (Å²) in [4.78, 5) is 1.25. The second kappa shape index (κ2) is 5.42. The lowest BCUT2D eigenvalue weighted by atomic mass is 10.2. The van der Waals surface area contributed by atoms with E-state index >= 15 is 0 Å². The molecule has 1 aromatic heterocycles. The highest BCUT2D eigenvalue weighted by Crippen LogP contribution is 2.29. The number of methoxy groups -OCH3 is 1. The summed E-state index contributed by atoms with van der Waals surface area (Å²) in [5, 5.41) is 5.36. The van der Waals surface area contributed by atoms with E-state index in [-0.39, 0.29) is 0 Å². The van der Waals surface area contributed by atoms with Gasteiger partial charge in [-0.05, 0) is 34.1 Å². The van der Waals surface area contributed by atoms with Gasteiger partial charge in [-0.3, -0.25) is 0 Å². The Morgan fingerprint density at radius 1 is 1.47 bits per heavy atom. The van der Waals surface area contributed by atoms with E-state index in [1.54, 1.807) is 18.4 Å². The molecule has 0 bridgehead atoms. The van der Waals surface area contributed by atoms with E-state index in [0.717, 1.165) is 16.7 Å². The fourth-order valence-corrected chi connectivity index (χ4v) is 2.90. The summed E-state index contributed by atoms with van der Waals surface area (Å²) >= 11 is 5.14. The third-order valence-electron chi connectivity index (χ3n) is 2.36. The van der Waals surface area contributed by atoms with Crippen molar-refractivity contribution in [2.24, 2.45) is 0 Å². The first kappa shape index (κ1) is 12.3. The Hall–Kier alpha value is -1.20. The van der Waals surface area contributed by atoms with Gasteiger partial charge in [0.15, 0.2) is 0 Å². The smallest absolute Gasteiger partial charge is 0.143 e. The molecule has 3 N–H and O–H groups in total. The van der Waals surface area contributed by atoms with E-state index in [1.807, 2.05) is 18.2 Å². The number of ether oxygens (including phenoxy) is 1.